The van der Waals surface area contributed by atoms with Crippen LogP contribution in [0.2, 0.25) is 0 Å². The maximum Gasteiger partial charge on any atom is 0.416 e. The van der Waals surface area contributed by atoms with Crippen molar-refractivity contribution in [3.8, 4) is 0 Å². The van der Waals surface area contributed by atoms with Gasteiger partial charge in [-0.1, -0.05) is 6.08 Å². The van der Waals surface area contributed by atoms with Crippen LogP contribution in [0, 0.1) is 0 Å². The van der Waals surface area contributed by atoms with Crippen LogP contribution in [0.25, 0.3) is 0 Å². The third-order valence-corrected chi connectivity index (χ3v) is 4.67. The monoisotopic (exact) mass is 355 g/mol. The molecule has 1 aromatic rings. The van der Waals surface area contributed by atoms with Gasteiger partial charge >= 0.3 is 6.18 Å². The molecule has 0 aliphatic carbocycles. The van der Waals surface area contributed by atoms with Gasteiger partial charge in [0.1, 0.15) is 4.90 Å². The molecule has 1 rings (SSSR count). The van der Waals surface area contributed by atoms with Gasteiger partial charge in [0.25, 0.3) is 5.24 Å². The van der Waals surface area contributed by atoms with E-state index in [2.05, 4.69) is 6.58 Å². The van der Waals surface area contributed by atoms with E-state index in [1.807, 2.05) is 0 Å². The summed E-state index contributed by atoms with van der Waals surface area (Å²) >= 11 is 5.30. The molecule has 22 heavy (non-hydrogen) atoms. The summed E-state index contributed by atoms with van der Waals surface area (Å²) in [6.45, 7) is 3.29. The molecule has 0 unspecified atom stereocenters. The molecule has 0 atom stereocenters. The standard InChI is InChI=1S/C13H13ClF3NO3S/c1-4-5-22(20,21)11-9(12(14)19)6-8(13(15,16)17)7-10(11)18(2)3/h4,6-7H,1,5H2,2-3H3. The smallest absolute Gasteiger partial charge is 0.377 e. The van der Waals surface area contributed by atoms with Gasteiger partial charge in [-0.15, -0.1) is 6.58 Å². The van der Waals surface area contributed by atoms with Gasteiger partial charge in [-0.05, 0) is 23.7 Å². The Balaban J connectivity index is 3.89. The van der Waals surface area contributed by atoms with E-state index < -0.39 is 43.0 Å². The highest BCUT2D eigenvalue weighted by atomic mass is 35.5. The van der Waals surface area contributed by atoms with Gasteiger partial charge in [0.2, 0.25) is 0 Å². The quantitative estimate of drug-likeness (QED) is 0.601. The van der Waals surface area contributed by atoms with Gasteiger partial charge < -0.3 is 4.90 Å². The Morgan fingerprint density at radius 1 is 1.36 bits per heavy atom. The first-order valence-electron chi connectivity index (χ1n) is 5.88. The minimum atomic E-state index is -4.74. The third kappa shape index (κ3) is 3.80. The second-order valence-corrected chi connectivity index (χ2v) is 6.92. The van der Waals surface area contributed by atoms with Crippen molar-refractivity contribution in [1.82, 2.24) is 0 Å². The average Bonchev–Trinajstić information content (AvgIpc) is 2.35. The number of hydrogen-bond acceptors (Lipinski definition) is 4. The van der Waals surface area contributed by atoms with Gasteiger partial charge in [-0.25, -0.2) is 8.42 Å². The van der Waals surface area contributed by atoms with E-state index >= 15 is 0 Å². The van der Waals surface area contributed by atoms with Crippen LogP contribution in [0.3, 0.4) is 0 Å². The summed E-state index contributed by atoms with van der Waals surface area (Å²) in [6, 6.07) is 1.11. The van der Waals surface area contributed by atoms with Crippen LogP contribution in [0.15, 0.2) is 29.7 Å². The Bertz CT molecular complexity index is 712. The lowest BCUT2D eigenvalue weighted by molar-refractivity contribution is -0.137. The van der Waals surface area contributed by atoms with Crippen molar-refractivity contribution in [1.29, 1.82) is 0 Å². The van der Waals surface area contributed by atoms with Crippen LogP contribution in [-0.2, 0) is 16.0 Å². The first kappa shape index (κ1) is 18.5. The van der Waals surface area contributed by atoms with Crippen LogP contribution in [0.1, 0.15) is 15.9 Å². The Morgan fingerprint density at radius 3 is 2.27 bits per heavy atom. The Hall–Kier alpha value is -1.54. The van der Waals surface area contributed by atoms with E-state index in [9.17, 15) is 26.4 Å². The van der Waals surface area contributed by atoms with Crippen molar-refractivity contribution >= 4 is 32.4 Å². The molecule has 1 aromatic carbocycles. The summed E-state index contributed by atoms with van der Waals surface area (Å²) in [5.74, 6) is -0.531. The molecule has 0 spiro atoms. The number of hydrogen-bond donors (Lipinski definition) is 0. The summed E-state index contributed by atoms with van der Waals surface area (Å²) in [7, 11) is -1.32. The number of sulfone groups is 1. The molecule has 122 valence electrons. The molecular weight excluding hydrogens is 343 g/mol. The normalized spacial score (nSPS) is 12.1. The predicted octanol–water partition coefficient (Wildman–Crippen LogP) is 3.11. The zero-order valence-corrected chi connectivity index (χ0v) is 13.3. The number of rotatable bonds is 5. The molecule has 0 aliphatic rings. The lowest BCUT2D eigenvalue weighted by atomic mass is 10.1. The molecule has 0 fully saturated rings. The van der Waals surface area contributed by atoms with Crippen molar-refractivity contribution in [2.24, 2.45) is 0 Å². The highest BCUT2D eigenvalue weighted by Crippen LogP contribution is 2.38. The van der Waals surface area contributed by atoms with Gasteiger partial charge in [-0.2, -0.15) is 13.2 Å². The van der Waals surface area contributed by atoms with E-state index in [1.54, 1.807) is 0 Å². The maximum absolute atomic E-state index is 12.9. The molecule has 0 aliphatic heterocycles. The van der Waals surface area contributed by atoms with Crippen molar-refractivity contribution in [3.05, 3.63) is 35.9 Å². The van der Waals surface area contributed by atoms with E-state index in [0.717, 1.165) is 6.08 Å². The number of carbonyl (C=O) groups is 1. The Morgan fingerprint density at radius 2 is 1.91 bits per heavy atom. The summed E-state index contributed by atoms with van der Waals surface area (Å²) < 4.78 is 63.2. The topological polar surface area (TPSA) is 54.5 Å². The average molecular weight is 356 g/mol. The second kappa shape index (κ2) is 6.29. The fourth-order valence-electron chi connectivity index (χ4n) is 1.82. The van der Waals surface area contributed by atoms with Gasteiger partial charge in [-0.3, -0.25) is 4.79 Å². The minimum absolute atomic E-state index is 0.263. The van der Waals surface area contributed by atoms with Crippen molar-refractivity contribution in [3.63, 3.8) is 0 Å². The number of carbonyl (C=O) groups excluding carboxylic acids is 1. The van der Waals surface area contributed by atoms with Crippen molar-refractivity contribution in [2.75, 3.05) is 24.7 Å². The van der Waals surface area contributed by atoms with Gasteiger partial charge in [0.15, 0.2) is 9.84 Å². The van der Waals surface area contributed by atoms with Crippen LogP contribution in [0.5, 0.6) is 0 Å². The number of benzene rings is 1. The molecule has 0 aromatic heterocycles. The molecule has 0 bridgehead atoms. The molecule has 0 heterocycles. The van der Waals surface area contributed by atoms with Gasteiger partial charge in [0, 0.05) is 14.1 Å². The first-order valence-corrected chi connectivity index (χ1v) is 7.91. The van der Waals surface area contributed by atoms with Crippen LogP contribution >= 0.6 is 11.6 Å². The molecule has 0 N–H and O–H groups in total. The van der Waals surface area contributed by atoms with Crippen LogP contribution in [0.4, 0.5) is 18.9 Å². The Labute approximate surface area is 131 Å². The number of anilines is 1. The molecule has 0 amide bonds. The SMILES string of the molecule is C=CCS(=O)(=O)c1c(C(=O)Cl)cc(C(F)(F)F)cc1N(C)C. The molecule has 9 heteroatoms. The molecule has 0 radical (unpaired) electrons. The summed E-state index contributed by atoms with van der Waals surface area (Å²) in [5, 5.41) is -1.28. The van der Waals surface area contributed by atoms with Gasteiger partial charge in [0.05, 0.1) is 22.6 Å². The zero-order chi connectivity index (χ0) is 17.3. The molecule has 0 saturated heterocycles. The number of nitrogens with zero attached hydrogens (tertiary/aromatic N) is 1. The molecule has 0 saturated carbocycles. The van der Waals surface area contributed by atoms with Crippen LogP contribution < -0.4 is 4.90 Å². The molecular formula is C13H13ClF3NO3S. The fourth-order valence-corrected chi connectivity index (χ4v) is 3.55. The fraction of sp³-hybridized carbons (Fsp3) is 0.308. The number of halogens is 4. The third-order valence-electron chi connectivity index (χ3n) is 2.74. The second-order valence-electron chi connectivity index (χ2n) is 4.61. The van der Waals surface area contributed by atoms with E-state index in [-0.39, 0.29) is 5.69 Å². The zero-order valence-electron chi connectivity index (χ0n) is 11.7. The largest absolute Gasteiger partial charge is 0.416 e. The lowest BCUT2D eigenvalue weighted by Gasteiger charge is -2.21. The summed E-state index contributed by atoms with van der Waals surface area (Å²) in [6.07, 6.45) is -3.67. The van der Waals surface area contributed by atoms with E-state index in [4.69, 9.17) is 11.6 Å². The van der Waals surface area contributed by atoms with Crippen molar-refractivity contribution < 1.29 is 26.4 Å². The summed E-state index contributed by atoms with van der Waals surface area (Å²) in [4.78, 5) is 12.1. The highest BCUT2D eigenvalue weighted by Gasteiger charge is 2.35. The lowest BCUT2D eigenvalue weighted by Crippen LogP contribution is -2.20. The number of alkyl halides is 3. The van der Waals surface area contributed by atoms with Crippen LogP contribution in [-0.4, -0.2) is 33.5 Å². The summed E-state index contributed by atoms with van der Waals surface area (Å²) in [5.41, 5.74) is -2.12. The van der Waals surface area contributed by atoms with Crippen molar-refractivity contribution in [2.45, 2.75) is 11.1 Å². The maximum atomic E-state index is 12.9. The minimum Gasteiger partial charge on any atom is -0.377 e. The highest BCUT2D eigenvalue weighted by molar-refractivity contribution is 7.91. The van der Waals surface area contributed by atoms with E-state index in [0.29, 0.717) is 12.1 Å². The van der Waals surface area contributed by atoms with E-state index in [1.165, 1.54) is 19.0 Å². The predicted molar refractivity (Wildman–Crippen MR) is 78.2 cm³/mol. The first-order chi connectivity index (χ1) is 9.91. The molecule has 4 nitrogen and oxygen atoms in total. The Kier molecular flexibility index (Phi) is 5.30.